The topological polar surface area (TPSA) is 36.9 Å². The van der Waals surface area contributed by atoms with Crippen LogP contribution in [0.3, 0.4) is 0 Å². The van der Waals surface area contributed by atoms with Gasteiger partial charge < -0.3 is 16.5 Å². The summed E-state index contributed by atoms with van der Waals surface area (Å²) in [4.78, 5) is 0. The monoisotopic (exact) mass is 302 g/mol. The fourth-order valence-corrected chi connectivity index (χ4v) is 14.0. The molecule has 1 saturated heterocycles. The van der Waals surface area contributed by atoms with Crippen LogP contribution in [-0.2, 0) is 16.5 Å². The van der Waals surface area contributed by atoms with Gasteiger partial charge >= 0.3 is 9.28 Å². The summed E-state index contributed by atoms with van der Waals surface area (Å²) < 4.78 is 23.8. The second kappa shape index (κ2) is 6.20. The standard InChI is InChI=1S/C9H18O4Si4/c1-14-10-15(2)12-17(13-16(3)11-14)9-7-5-4-6-8-9/h4-8,14-17H,1-3H3. The maximum atomic E-state index is 6.04. The van der Waals surface area contributed by atoms with Crippen molar-refractivity contribution in [3.63, 3.8) is 0 Å². The average Bonchev–Trinajstić information content (AvgIpc) is 2.27. The molecule has 1 aliphatic heterocycles. The predicted octanol–water partition coefficient (Wildman–Crippen LogP) is -0.255. The molecule has 1 heterocycles. The normalized spacial score (nSPS) is 35.0. The summed E-state index contributed by atoms with van der Waals surface area (Å²) in [6.45, 7) is 6.15. The van der Waals surface area contributed by atoms with Gasteiger partial charge in [-0.1, -0.05) is 30.3 Å². The van der Waals surface area contributed by atoms with Crippen LogP contribution in [0.5, 0.6) is 0 Å². The van der Waals surface area contributed by atoms with Crippen LogP contribution in [0.4, 0.5) is 0 Å². The lowest BCUT2D eigenvalue weighted by molar-refractivity contribution is 0.298. The first kappa shape index (κ1) is 13.4. The van der Waals surface area contributed by atoms with E-state index < -0.39 is 37.1 Å². The van der Waals surface area contributed by atoms with E-state index in [0.29, 0.717) is 0 Å². The molecule has 0 aliphatic carbocycles. The smallest absolute Gasteiger partial charge is 0.337 e. The summed E-state index contributed by atoms with van der Waals surface area (Å²) in [6.07, 6.45) is 0. The van der Waals surface area contributed by atoms with Gasteiger partial charge in [0, 0.05) is 0 Å². The second-order valence-electron chi connectivity index (χ2n) is 3.99. The van der Waals surface area contributed by atoms with Crippen molar-refractivity contribution in [1.82, 2.24) is 0 Å². The number of benzene rings is 1. The van der Waals surface area contributed by atoms with Gasteiger partial charge in [-0.2, -0.15) is 0 Å². The quantitative estimate of drug-likeness (QED) is 0.670. The number of hydrogen-bond donors (Lipinski definition) is 0. The highest BCUT2D eigenvalue weighted by molar-refractivity contribution is 6.78. The molecule has 0 amide bonds. The maximum Gasteiger partial charge on any atom is 0.337 e. The molecule has 0 spiro atoms. The molecule has 17 heavy (non-hydrogen) atoms. The minimum absolute atomic E-state index is 1.18. The first-order valence-corrected chi connectivity index (χ1v) is 13.6. The van der Waals surface area contributed by atoms with Crippen LogP contribution < -0.4 is 5.19 Å². The van der Waals surface area contributed by atoms with E-state index in [2.05, 4.69) is 25.2 Å². The maximum absolute atomic E-state index is 6.04. The van der Waals surface area contributed by atoms with Crippen LogP contribution >= 0.6 is 0 Å². The van der Waals surface area contributed by atoms with E-state index in [9.17, 15) is 0 Å². The Labute approximate surface area is 109 Å². The Bertz CT molecular complexity index is 338. The van der Waals surface area contributed by atoms with Crippen LogP contribution in [0, 0.1) is 0 Å². The lowest BCUT2D eigenvalue weighted by Crippen LogP contribution is -2.50. The van der Waals surface area contributed by atoms with E-state index in [-0.39, 0.29) is 0 Å². The van der Waals surface area contributed by atoms with E-state index >= 15 is 0 Å². The molecular weight excluding hydrogens is 284 g/mol. The number of rotatable bonds is 1. The van der Waals surface area contributed by atoms with Crippen LogP contribution in [-0.4, -0.2) is 37.1 Å². The molecular formula is C9H18O4Si4. The molecule has 2 unspecified atom stereocenters. The van der Waals surface area contributed by atoms with Gasteiger partial charge in [-0.15, -0.1) is 0 Å². The van der Waals surface area contributed by atoms with Crippen LogP contribution in [0.15, 0.2) is 30.3 Å². The summed E-state index contributed by atoms with van der Waals surface area (Å²) >= 11 is 0. The highest BCUT2D eigenvalue weighted by atomic mass is 28.5. The van der Waals surface area contributed by atoms with Crippen molar-refractivity contribution in [3.05, 3.63) is 30.3 Å². The molecule has 0 saturated carbocycles. The molecule has 0 bridgehead atoms. The zero-order valence-corrected chi connectivity index (χ0v) is 14.9. The van der Waals surface area contributed by atoms with Crippen molar-refractivity contribution in [2.24, 2.45) is 0 Å². The van der Waals surface area contributed by atoms with Gasteiger partial charge in [0.15, 0.2) is 0 Å². The first-order chi connectivity index (χ1) is 8.15. The fraction of sp³-hybridized carbons (Fsp3) is 0.333. The highest BCUT2D eigenvalue weighted by Gasteiger charge is 2.29. The molecule has 0 radical (unpaired) electrons. The Morgan fingerprint density at radius 3 is 1.71 bits per heavy atom. The molecule has 2 atom stereocenters. The minimum atomic E-state index is -1.81. The van der Waals surface area contributed by atoms with Gasteiger partial charge in [0.05, 0.1) is 0 Å². The van der Waals surface area contributed by atoms with Gasteiger partial charge in [-0.25, -0.2) is 0 Å². The molecule has 1 aromatic carbocycles. The van der Waals surface area contributed by atoms with Crippen molar-refractivity contribution in [1.29, 1.82) is 0 Å². The Kier molecular flexibility index (Phi) is 4.87. The first-order valence-electron chi connectivity index (χ1n) is 5.82. The second-order valence-corrected chi connectivity index (χ2v) is 13.1. The Balaban J connectivity index is 2.11. The van der Waals surface area contributed by atoms with E-state index in [1.165, 1.54) is 5.19 Å². The zero-order valence-electron chi connectivity index (χ0n) is 10.3. The molecule has 0 N–H and O–H groups in total. The van der Waals surface area contributed by atoms with E-state index in [4.69, 9.17) is 16.5 Å². The van der Waals surface area contributed by atoms with Crippen molar-refractivity contribution in [2.45, 2.75) is 19.6 Å². The molecule has 2 rings (SSSR count). The van der Waals surface area contributed by atoms with Gasteiger partial charge in [0.1, 0.15) is 0 Å². The Morgan fingerprint density at radius 2 is 1.18 bits per heavy atom. The largest absolute Gasteiger partial charge is 0.420 e. The third kappa shape index (κ3) is 3.96. The van der Waals surface area contributed by atoms with E-state index in [1.807, 2.05) is 24.7 Å². The molecule has 94 valence electrons. The molecule has 1 aliphatic rings. The summed E-state index contributed by atoms with van der Waals surface area (Å²) in [5.74, 6) is 0. The van der Waals surface area contributed by atoms with Crippen LogP contribution in [0.1, 0.15) is 0 Å². The Hall–Kier alpha value is -0.0725. The summed E-state index contributed by atoms with van der Waals surface area (Å²) in [6, 6.07) is 10.2. The van der Waals surface area contributed by atoms with Crippen molar-refractivity contribution < 1.29 is 16.5 Å². The van der Waals surface area contributed by atoms with Crippen molar-refractivity contribution >= 4 is 42.3 Å². The van der Waals surface area contributed by atoms with E-state index in [0.717, 1.165) is 0 Å². The fourth-order valence-electron chi connectivity index (χ4n) is 1.78. The zero-order chi connectivity index (χ0) is 12.3. The lowest BCUT2D eigenvalue weighted by Gasteiger charge is -2.30. The van der Waals surface area contributed by atoms with Crippen LogP contribution in [0.25, 0.3) is 0 Å². The van der Waals surface area contributed by atoms with Crippen molar-refractivity contribution in [3.8, 4) is 0 Å². The molecule has 1 aromatic rings. The average molecular weight is 303 g/mol. The third-order valence-electron chi connectivity index (χ3n) is 2.47. The SMILES string of the molecule is C[SiH]1O[SiH](C)O[SiH](c2ccccc2)O[SiH](C)O1. The summed E-state index contributed by atoms with van der Waals surface area (Å²) in [5, 5.41) is 1.18. The molecule has 4 nitrogen and oxygen atoms in total. The highest BCUT2D eigenvalue weighted by Crippen LogP contribution is 2.07. The number of hydrogen-bond acceptors (Lipinski definition) is 4. The molecule has 0 aromatic heterocycles. The lowest BCUT2D eigenvalue weighted by atomic mass is 10.4. The predicted molar refractivity (Wildman–Crippen MR) is 76.6 cm³/mol. The van der Waals surface area contributed by atoms with Crippen molar-refractivity contribution in [2.75, 3.05) is 0 Å². The van der Waals surface area contributed by atoms with Gasteiger partial charge in [0.25, 0.3) is 27.9 Å². The van der Waals surface area contributed by atoms with Gasteiger partial charge in [-0.3, -0.25) is 0 Å². The molecule has 8 heteroatoms. The Morgan fingerprint density at radius 1 is 0.706 bits per heavy atom. The van der Waals surface area contributed by atoms with Gasteiger partial charge in [0.2, 0.25) is 0 Å². The summed E-state index contributed by atoms with van der Waals surface area (Å²) in [5.41, 5.74) is 0. The van der Waals surface area contributed by atoms with E-state index in [1.54, 1.807) is 0 Å². The summed E-state index contributed by atoms with van der Waals surface area (Å²) in [7, 11) is -6.49. The minimum Gasteiger partial charge on any atom is -0.420 e. The third-order valence-corrected chi connectivity index (χ3v) is 14.6. The molecule has 1 fully saturated rings. The van der Waals surface area contributed by atoms with Gasteiger partial charge in [-0.05, 0) is 24.8 Å². The van der Waals surface area contributed by atoms with Crippen LogP contribution in [0.2, 0.25) is 19.6 Å².